The number of carbonyl (C=O) groups is 1. The third kappa shape index (κ3) is 3.68. The standard InChI is InChI=1S/C20H20N4OS/c1-13-3-5-15(6-4-13)8-10-24-14(2)16(20(22)25)11-18(24)17-12-26-19(23-17)7-9-21/h3-6,11-12H,7-8,10H2,1-2H3,(H2,22,25). The summed E-state index contributed by atoms with van der Waals surface area (Å²) in [6.07, 6.45) is 1.13. The van der Waals surface area contributed by atoms with E-state index in [1.165, 1.54) is 22.5 Å². The van der Waals surface area contributed by atoms with E-state index in [9.17, 15) is 4.79 Å². The van der Waals surface area contributed by atoms with E-state index in [0.29, 0.717) is 5.56 Å². The Morgan fingerprint density at radius 2 is 2.04 bits per heavy atom. The quantitative estimate of drug-likeness (QED) is 0.725. The predicted octanol–water partition coefficient (Wildman–Crippen LogP) is 3.64. The lowest BCUT2D eigenvalue weighted by atomic mass is 10.1. The van der Waals surface area contributed by atoms with Gasteiger partial charge in [-0.1, -0.05) is 29.8 Å². The Bertz CT molecular complexity index is 976. The molecule has 0 saturated carbocycles. The van der Waals surface area contributed by atoms with Gasteiger partial charge in [0.1, 0.15) is 5.01 Å². The van der Waals surface area contributed by atoms with E-state index in [2.05, 4.69) is 46.8 Å². The van der Waals surface area contributed by atoms with Gasteiger partial charge < -0.3 is 10.3 Å². The predicted molar refractivity (Wildman–Crippen MR) is 103 cm³/mol. The minimum Gasteiger partial charge on any atom is -0.366 e. The van der Waals surface area contributed by atoms with Crippen LogP contribution < -0.4 is 5.73 Å². The van der Waals surface area contributed by atoms with Crippen molar-refractivity contribution in [1.29, 1.82) is 5.26 Å². The number of aromatic nitrogens is 2. The number of benzene rings is 1. The normalized spacial score (nSPS) is 10.7. The maximum Gasteiger partial charge on any atom is 0.250 e. The molecule has 26 heavy (non-hydrogen) atoms. The fourth-order valence-corrected chi connectivity index (χ4v) is 3.69. The van der Waals surface area contributed by atoms with Gasteiger partial charge >= 0.3 is 0 Å². The third-order valence-corrected chi connectivity index (χ3v) is 5.27. The first-order valence-corrected chi connectivity index (χ1v) is 9.24. The number of rotatable bonds is 6. The molecule has 6 heteroatoms. The van der Waals surface area contributed by atoms with Gasteiger partial charge in [0.2, 0.25) is 0 Å². The van der Waals surface area contributed by atoms with Gasteiger partial charge in [0.05, 0.1) is 29.4 Å². The van der Waals surface area contributed by atoms with Gasteiger partial charge in [0.25, 0.3) is 5.91 Å². The Labute approximate surface area is 156 Å². The molecule has 0 aliphatic rings. The highest BCUT2D eigenvalue weighted by molar-refractivity contribution is 7.10. The van der Waals surface area contributed by atoms with Crippen molar-refractivity contribution in [3.8, 4) is 17.5 Å². The van der Waals surface area contributed by atoms with E-state index >= 15 is 0 Å². The lowest BCUT2D eigenvalue weighted by Crippen LogP contribution is -2.13. The van der Waals surface area contributed by atoms with Crippen LogP contribution in [0.2, 0.25) is 0 Å². The minimum atomic E-state index is -0.440. The second-order valence-electron chi connectivity index (χ2n) is 6.24. The molecule has 0 unspecified atom stereocenters. The average Bonchev–Trinajstić information content (AvgIpc) is 3.19. The van der Waals surface area contributed by atoms with Gasteiger partial charge in [-0.25, -0.2) is 4.98 Å². The molecule has 0 radical (unpaired) electrons. The van der Waals surface area contributed by atoms with Gasteiger partial charge in [0, 0.05) is 17.6 Å². The van der Waals surface area contributed by atoms with Crippen LogP contribution in [0.3, 0.4) is 0 Å². The summed E-state index contributed by atoms with van der Waals surface area (Å²) < 4.78 is 2.09. The van der Waals surface area contributed by atoms with Crippen molar-refractivity contribution in [2.24, 2.45) is 5.73 Å². The number of carbonyl (C=O) groups excluding carboxylic acids is 1. The summed E-state index contributed by atoms with van der Waals surface area (Å²) in [5, 5.41) is 11.6. The third-order valence-electron chi connectivity index (χ3n) is 4.42. The number of nitrogens with two attached hydrogens (primary N) is 1. The summed E-state index contributed by atoms with van der Waals surface area (Å²) in [6.45, 7) is 4.70. The lowest BCUT2D eigenvalue weighted by Gasteiger charge is -2.11. The van der Waals surface area contributed by atoms with Crippen molar-refractivity contribution >= 4 is 17.2 Å². The van der Waals surface area contributed by atoms with Crippen molar-refractivity contribution in [2.45, 2.75) is 33.2 Å². The summed E-state index contributed by atoms with van der Waals surface area (Å²) >= 11 is 1.45. The number of nitriles is 1. The molecular formula is C20H20N4OS. The van der Waals surface area contributed by atoms with Crippen LogP contribution >= 0.6 is 11.3 Å². The zero-order valence-electron chi connectivity index (χ0n) is 14.8. The molecular weight excluding hydrogens is 344 g/mol. The van der Waals surface area contributed by atoms with Crippen LogP contribution in [0.1, 0.15) is 32.2 Å². The Hall–Kier alpha value is -2.91. The summed E-state index contributed by atoms with van der Waals surface area (Å²) in [7, 11) is 0. The molecule has 2 heterocycles. The van der Waals surface area contributed by atoms with E-state index in [4.69, 9.17) is 11.0 Å². The van der Waals surface area contributed by atoms with Crippen molar-refractivity contribution in [3.05, 3.63) is 63.1 Å². The molecule has 2 N–H and O–H groups in total. The molecule has 5 nitrogen and oxygen atoms in total. The van der Waals surface area contributed by atoms with Crippen LogP contribution in [0.25, 0.3) is 11.4 Å². The zero-order valence-corrected chi connectivity index (χ0v) is 15.6. The first-order chi connectivity index (χ1) is 12.5. The van der Waals surface area contributed by atoms with E-state index in [1.54, 1.807) is 6.07 Å². The van der Waals surface area contributed by atoms with Crippen LogP contribution in [0, 0.1) is 25.2 Å². The first kappa shape index (κ1) is 17.9. The van der Waals surface area contributed by atoms with E-state index < -0.39 is 5.91 Å². The number of thiazole rings is 1. The Morgan fingerprint density at radius 1 is 1.31 bits per heavy atom. The molecule has 3 rings (SSSR count). The molecule has 3 aromatic rings. The number of nitrogens with zero attached hydrogens (tertiary/aromatic N) is 3. The van der Waals surface area contributed by atoms with Crippen LogP contribution in [0.4, 0.5) is 0 Å². The van der Waals surface area contributed by atoms with Crippen molar-refractivity contribution in [3.63, 3.8) is 0 Å². The fraction of sp³-hybridized carbons (Fsp3) is 0.250. The maximum atomic E-state index is 11.8. The second-order valence-corrected chi connectivity index (χ2v) is 7.18. The molecule has 0 aliphatic carbocycles. The van der Waals surface area contributed by atoms with Gasteiger partial charge in [-0.2, -0.15) is 5.26 Å². The molecule has 0 aliphatic heterocycles. The van der Waals surface area contributed by atoms with E-state index in [1.807, 2.05) is 12.3 Å². The number of aryl methyl sites for hydroxylation is 2. The van der Waals surface area contributed by atoms with Gasteiger partial charge in [0.15, 0.2) is 0 Å². The molecule has 0 fully saturated rings. The number of amides is 1. The van der Waals surface area contributed by atoms with Gasteiger partial charge in [-0.05, 0) is 31.9 Å². The summed E-state index contributed by atoms with van der Waals surface area (Å²) in [5.74, 6) is -0.440. The van der Waals surface area contributed by atoms with Crippen molar-refractivity contribution in [2.75, 3.05) is 0 Å². The zero-order chi connectivity index (χ0) is 18.7. The highest BCUT2D eigenvalue weighted by Crippen LogP contribution is 2.28. The second kappa shape index (κ2) is 7.54. The van der Waals surface area contributed by atoms with E-state index in [0.717, 1.165) is 35.1 Å². The fourth-order valence-electron chi connectivity index (χ4n) is 2.97. The molecule has 0 atom stereocenters. The summed E-state index contributed by atoms with van der Waals surface area (Å²) in [6, 6.07) is 12.4. The largest absolute Gasteiger partial charge is 0.366 e. The smallest absolute Gasteiger partial charge is 0.250 e. The average molecular weight is 364 g/mol. The molecule has 132 valence electrons. The van der Waals surface area contributed by atoms with Crippen LogP contribution in [0.15, 0.2) is 35.7 Å². The molecule has 2 aromatic heterocycles. The highest BCUT2D eigenvalue weighted by atomic mass is 32.1. The highest BCUT2D eigenvalue weighted by Gasteiger charge is 2.18. The topological polar surface area (TPSA) is 84.7 Å². The SMILES string of the molecule is Cc1ccc(CCn2c(-c3csc(CC#N)n3)cc(C(N)=O)c2C)cc1. The Kier molecular flexibility index (Phi) is 5.19. The first-order valence-electron chi connectivity index (χ1n) is 8.36. The van der Waals surface area contributed by atoms with Gasteiger partial charge in [-0.15, -0.1) is 11.3 Å². The van der Waals surface area contributed by atoms with Crippen LogP contribution in [0.5, 0.6) is 0 Å². The Balaban J connectivity index is 1.95. The minimum absolute atomic E-state index is 0.288. The van der Waals surface area contributed by atoms with Crippen LogP contribution in [-0.4, -0.2) is 15.5 Å². The van der Waals surface area contributed by atoms with Gasteiger partial charge in [-0.3, -0.25) is 4.79 Å². The monoisotopic (exact) mass is 364 g/mol. The molecule has 0 bridgehead atoms. The number of primary amides is 1. The summed E-state index contributed by atoms with van der Waals surface area (Å²) in [4.78, 5) is 16.3. The molecule has 0 spiro atoms. The number of hydrogen-bond acceptors (Lipinski definition) is 4. The Morgan fingerprint density at radius 3 is 2.69 bits per heavy atom. The van der Waals surface area contributed by atoms with Crippen LogP contribution in [-0.2, 0) is 19.4 Å². The molecule has 1 amide bonds. The maximum absolute atomic E-state index is 11.8. The molecule has 1 aromatic carbocycles. The van der Waals surface area contributed by atoms with E-state index in [-0.39, 0.29) is 6.42 Å². The lowest BCUT2D eigenvalue weighted by molar-refractivity contribution is 0.0999. The molecule has 0 saturated heterocycles. The van der Waals surface area contributed by atoms with Crippen molar-refractivity contribution in [1.82, 2.24) is 9.55 Å². The number of hydrogen-bond donors (Lipinski definition) is 1. The summed E-state index contributed by atoms with van der Waals surface area (Å²) in [5.41, 5.74) is 11.0. The van der Waals surface area contributed by atoms with Crippen molar-refractivity contribution < 1.29 is 4.79 Å².